The van der Waals surface area contributed by atoms with Gasteiger partial charge in [0.05, 0.1) is 42.2 Å². The summed E-state index contributed by atoms with van der Waals surface area (Å²) in [6.45, 7) is 9.45. The van der Waals surface area contributed by atoms with Crippen molar-refractivity contribution < 1.29 is 23.9 Å². The van der Waals surface area contributed by atoms with Gasteiger partial charge in [-0.05, 0) is 57.0 Å². The van der Waals surface area contributed by atoms with Gasteiger partial charge in [0.1, 0.15) is 5.75 Å². The van der Waals surface area contributed by atoms with Crippen LogP contribution in [0.3, 0.4) is 0 Å². The van der Waals surface area contributed by atoms with Crippen LogP contribution < -0.4 is 15.4 Å². The average molecular weight is 788 g/mol. The van der Waals surface area contributed by atoms with Gasteiger partial charge in [-0.1, -0.05) is 54.1 Å². The predicted octanol–water partition coefficient (Wildman–Crippen LogP) is 7.41. The molecular weight excluding hydrogens is 740 g/mol. The van der Waals surface area contributed by atoms with Gasteiger partial charge in [0.2, 0.25) is 11.9 Å². The van der Waals surface area contributed by atoms with Crippen LogP contribution in [0.25, 0.3) is 0 Å². The Kier molecular flexibility index (Phi) is 11.1. The quantitative estimate of drug-likeness (QED) is 0.0992. The molecule has 2 aromatic carbocycles. The second-order valence-electron chi connectivity index (χ2n) is 15.3. The van der Waals surface area contributed by atoms with Crippen LogP contribution in [-0.4, -0.2) is 94.9 Å². The van der Waals surface area contributed by atoms with E-state index in [-0.39, 0.29) is 29.4 Å². The highest BCUT2D eigenvalue weighted by molar-refractivity contribution is 7.16. The number of halogens is 1. The molecule has 2 saturated heterocycles. The molecule has 2 aliphatic heterocycles. The first-order chi connectivity index (χ1) is 26.5. The summed E-state index contributed by atoms with van der Waals surface area (Å²) in [5.41, 5.74) is 1.15. The van der Waals surface area contributed by atoms with Crippen molar-refractivity contribution in [2.24, 2.45) is 0 Å². The minimum atomic E-state index is -0.913. The SMILES string of the molecule is COc1ccccc1C(=O)n1nc(C2CC[N+](C3CC(c4n[nH]c(NCc5ccc(Cl)s5)n4)CCN3C(=O)O)(C(C)(C)C)CC2)nc1NCc1ccccc1. The summed E-state index contributed by atoms with van der Waals surface area (Å²) in [5, 5.41) is 29.6. The summed E-state index contributed by atoms with van der Waals surface area (Å²) in [7, 11) is 1.54. The van der Waals surface area contributed by atoms with E-state index in [1.807, 2.05) is 48.5 Å². The second kappa shape index (κ2) is 16.0. The zero-order valence-electron chi connectivity index (χ0n) is 31.5. The summed E-state index contributed by atoms with van der Waals surface area (Å²) in [6, 6.07) is 20.9. The largest absolute Gasteiger partial charge is 0.496 e. The molecule has 5 aromatic rings. The van der Waals surface area contributed by atoms with Crippen LogP contribution in [0.5, 0.6) is 5.75 Å². The van der Waals surface area contributed by atoms with Crippen molar-refractivity contribution in [2.75, 3.05) is 37.4 Å². The minimum Gasteiger partial charge on any atom is -0.496 e. The lowest BCUT2D eigenvalue weighted by Crippen LogP contribution is -2.73. The topological polar surface area (TPSA) is 163 Å². The van der Waals surface area contributed by atoms with Crippen molar-refractivity contribution in [1.29, 1.82) is 0 Å². The number of nitrogens with one attached hydrogen (secondary N) is 3. The van der Waals surface area contributed by atoms with Crippen molar-refractivity contribution in [3.63, 3.8) is 0 Å². The number of para-hydroxylation sites is 1. The number of carbonyl (C=O) groups excluding carboxylic acids is 1. The zero-order valence-corrected chi connectivity index (χ0v) is 33.1. The Labute approximate surface area is 329 Å². The maximum Gasteiger partial charge on any atom is 0.411 e. The van der Waals surface area contributed by atoms with E-state index < -0.39 is 6.09 Å². The van der Waals surface area contributed by atoms with E-state index >= 15 is 0 Å². The number of hydrogen-bond acceptors (Lipinski definition) is 10. The third kappa shape index (κ3) is 8.05. The number of quaternary nitrogens is 1. The van der Waals surface area contributed by atoms with E-state index in [2.05, 4.69) is 41.6 Å². The standard InChI is InChI=1S/C39H47ClN10O4S/c1-39(2,3)50(32-22-27(16-19-48(32)38(52)53)33-43-36(46-45-33)41-24-28-14-15-31(40)55-28)20-17-26(18-21-50)34-44-37(42-23-25-10-6-5-7-11-25)49(47-34)35(51)29-12-8-9-13-30(29)54-4/h5-15,26-27,32H,16-24H2,1-4H3,(H3-,41,42,43,44,45,46,47,52,53)/p+1. The number of amides is 1. The van der Waals surface area contributed by atoms with Crippen LogP contribution in [0.1, 0.15) is 90.7 Å². The molecule has 5 heterocycles. The molecule has 2 atom stereocenters. The first-order valence-electron chi connectivity index (χ1n) is 18.6. The van der Waals surface area contributed by atoms with Crippen molar-refractivity contribution >= 4 is 46.8 Å². The Morgan fingerprint density at radius 2 is 1.71 bits per heavy atom. The predicted molar refractivity (Wildman–Crippen MR) is 212 cm³/mol. The third-order valence-electron chi connectivity index (χ3n) is 11.2. The lowest BCUT2D eigenvalue weighted by molar-refractivity contribution is -1.01. The number of likely N-dealkylation sites (tertiary alicyclic amines) is 2. The number of hydrogen-bond donors (Lipinski definition) is 4. The molecule has 290 valence electrons. The number of ether oxygens (including phenoxy) is 1. The van der Waals surface area contributed by atoms with E-state index in [1.54, 1.807) is 30.2 Å². The fraction of sp³-hybridized carbons (Fsp3) is 0.436. The van der Waals surface area contributed by atoms with Crippen molar-refractivity contribution in [3.8, 4) is 5.75 Å². The highest BCUT2D eigenvalue weighted by Crippen LogP contribution is 2.44. The zero-order chi connectivity index (χ0) is 38.7. The average Bonchev–Trinajstić information content (AvgIpc) is 3.96. The smallest absolute Gasteiger partial charge is 0.411 e. The normalized spacial score (nSPS) is 21.6. The molecule has 2 unspecified atom stereocenters. The van der Waals surface area contributed by atoms with Crippen molar-refractivity contribution in [1.82, 2.24) is 34.8 Å². The molecule has 4 N–H and O–H groups in total. The maximum absolute atomic E-state index is 14.0. The molecule has 7 rings (SSSR count). The number of carboxylic acid groups (broad SMARTS) is 1. The van der Waals surface area contributed by atoms with Crippen LogP contribution in [0.4, 0.5) is 16.7 Å². The fourth-order valence-corrected chi connectivity index (χ4v) is 9.22. The van der Waals surface area contributed by atoms with Gasteiger partial charge in [-0.2, -0.15) is 19.7 Å². The van der Waals surface area contributed by atoms with Crippen LogP contribution in [0.2, 0.25) is 4.34 Å². The molecular formula is C39H48ClN10O4S+. The number of benzene rings is 2. The summed E-state index contributed by atoms with van der Waals surface area (Å²) < 4.78 is 8.19. The van der Waals surface area contributed by atoms with Gasteiger partial charge < -0.3 is 20.5 Å². The van der Waals surface area contributed by atoms with Crippen molar-refractivity contribution in [3.05, 3.63) is 98.7 Å². The monoisotopic (exact) mass is 787 g/mol. The highest BCUT2D eigenvalue weighted by Gasteiger charge is 2.54. The molecule has 0 radical (unpaired) electrons. The summed E-state index contributed by atoms with van der Waals surface area (Å²) in [6.07, 6.45) is 1.45. The van der Waals surface area contributed by atoms with Crippen molar-refractivity contribution in [2.45, 2.75) is 83.1 Å². The van der Waals surface area contributed by atoms with Crippen LogP contribution >= 0.6 is 22.9 Å². The Bertz CT molecular complexity index is 2100. The lowest BCUT2D eigenvalue weighted by Gasteiger charge is -2.59. The van der Waals surface area contributed by atoms with Crippen LogP contribution in [0.15, 0.2) is 66.7 Å². The number of carbonyl (C=O) groups is 2. The van der Waals surface area contributed by atoms with Gasteiger partial charge in [0, 0.05) is 49.1 Å². The van der Waals surface area contributed by atoms with Gasteiger partial charge >= 0.3 is 6.09 Å². The van der Waals surface area contributed by atoms with Gasteiger partial charge in [-0.15, -0.1) is 16.4 Å². The summed E-state index contributed by atoms with van der Waals surface area (Å²) in [5.74, 6) is 2.29. The van der Waals surface area contributed by atoms with Gasteiger partial charge in [0.15, 0.2) is 17.8 Å². The van der Waals surface area contributed by atoms with E-state index in [0.717, 1.165) is 27.6 Å². The Morgan fingerprint density at radius 1 is 0.964 bits per heavy atom. The van der Waals surface area contributed by atoms with Gasteiger partial charge in [-0.25, -0.2) is 9.89 Å². The molecule has 0 aliphatic carbocycles. The number of piperidine rings is 2. The number of aromatic nitrogens is 6. The number of anilines is 2. The van der Waals surface area contributed by atoms with E-state index in [1.165, 1.54) is 16.0 Å². The Balaban J connectivity index is 1.12. The maximum atomic E-state index is 14.0. The minimum absolute atomic E-state index is 0.0183. The molecule has 2 fully saturated rings. The van der Waals surface area contributed by atoms with Crippen LogP contribution in [0, 0.1) is 0 Å². The summed E-state index contributed by atoms with van der Waals surface area (Å²) in [4.78, 5) is 39.3. The first-order valence-corrected chi connectivity index (χ1v) is 19.8. The number of rotatable bonds is 11. The molecule has 0 bridgehead atoms. The number of aromatic amines is 1. The van der Waals surface area contributed by atoms with E-state index in [9.17, 15) is 14.7 Å². The molecule has 0 spiro atoms. The fourth-order valence-electron chi connectivity index (χ4n) is 8.20. The number of H-pyrrole nitrogens is 1. The van der Waals surface area contributed by atoms with Crippen LogP contribution in [-0.2, 0) is 13.1 Å². The highest BCUT2D eigenvalue weighted by atomic mass is 35.5. The van der Waals surface area contributed by atoms with E-state index in [4.69, 9.17) is 31.4 Å². The van der Waals surface area contributed by atoms with E-state index in [0.29, 0.717) is 84.9 Å². The number of methoxy groups -OCH3 is 1. The number of thiophene rings is 1. The lowest BCUT2D eigenvalue weighted by atomic mass is 9.84. The molecule has 16 heteroatoms. The first kappa shape index (κ1) is 38.3. The second-order valence-corrected chi connectivity index (χ2v) is 17.1. The van der Waals surface area contributed by atoms with Gasteiger partial charge in [0.25, 0.3) is 5.91 Å². The molecule has 0 saturated carbocycles. The number of nitrogens with zero attached hydrogens (tertiary/aromatic N) is 7. The third-order valence-corrected chi connectivity index (χ3v) is 12.4. The molecule has 1 amide bonds. The Hall–Kier alpha value is -4.99. The molecule has 2 aliphatic rings. The summed E-state index contributed by atoms with van der Waals surface area (Å²) >= 11 is 7.62. The molecule has 14 nitrogen and oxygen atoms in total. The van der Waals surface area contributed by atoms with Gasteiger partial charge in [-0.3, -0.25) is 14.2 Å². The molecule has 55 heavy (non-hydrogen) atoms. The Morgan fingerprint density at radius 3 is 2.40 bits per heavy atom. The molecule has 3 aromatic heterocycles.